The first kappa shape index (κ1) is 28.6. The average Bonchev–Trinajstić information content (AvgIpc) is 3.30. The molecule has 1 aliphatic rings. The largest absolute Gasteiger partial charge is 0.496 e. The molecule has 0 radical (unpaired) electrons. The van der Waals surface area contributed by atoms with Crippen molar-refractivity contribution >= 4 is 35.3 Å². The molecule has 0 unspecified atom stereocenters. The standard InChI is InChI=1S/C27H31ClN2O8/c1-14(8-12-20(31)38-18-10-11-19(34-4)25(36-6)22(18)28)7-9-16-23(30-27(33)29-3)21-17(13-37-26(21)32)15(2)24(16)35-5/h7,10-11H,8-9,12-13H2,1-6H3,(H2,29,30,33). The molecule has 0 spiro atoms. The van der Waals surface area contributed by atoms with E-state index in [4.69, 9.17) is 35.3 Å². The lowest BCUT2D eigenvalue weighted by Crippen LogP contribution is -2.26. The van der Waals surface area contributed by atoms with E-state index in [0.717, 1.165) is 11.1 Å². The summed E-state index contributed by atoms with van der Waals surface area (Å²) in [6.45, 7) is 3.84. The number of hydrogen-bond acceptors (Lipinski definition) is 8. The SMILES string of the molecule is CNC(=O)Nc1c(CC=C(C)CCC(=O)Oc2ccc(OC)c(OC)c2Cl)c(OC)c(C)c2c1C(=O)OC2. The number of cyclic esters (lactones) is 1. The first-order valence-electron chi connectivity index (χ1n) is 11.8. The van der Waals surface area contributed by atoms with Crippen LogP contribution in [0.1, 0.15) is 46.8 Å². The van der Waals surface area contributed by atoms with Crippen molar-refractivity contribution in [2.75, 3.05) is 33.7 Å². The molecule has 1 heterocycles. The number of carbonyl (C=O) groups is 3. The molecule has 38 heavy (non-hydrogen) atoms. The van der Waals surface area contributed by atoms with Gasteiger partial charge < -0.3 is 34.3 Å². The zero-order valence-corrected chi connectivity index (χ0v) is 23.0. The fourth-order valence-electron chi connectivity index (χ4n) is 4.17. The molecule has 1 aliphatic heterocycles. The molecule has 0 atom stereocenters. The number of urea groups is 1. The van der Waals surface area contributed by atoms with Crippen molar-refractivity contribution in [1.82, 2.24) is 5.32 Å². The van der Waals surface area contributed by atoms with Crippen LogP contribution < -0.4 is 29.6 Å². The number of halogens is 1. The van der Waals surface area contributed by atoms with Gasteiger partial charge in [-0.25, -0.2) is 9.59 Å². The maximum absolute atomic E-state index is 12.5. The van der Waals surface area contributed by atoms with Crippen molar-refractivity contribution in [1.29, 1.82) is 0 Å². The third-order valence-electron chi connectivity index (χ3n) is 6.19. The maximum Gasteiger partial charge on any atom is 0.341 e. The van der Waals surface area contributed by atoms with Crippen LogP contribution in [0.15, 0.2) is 23.8 Å². The molecule has 2 aromatic carbocycles. The third kappa shape index (κ3) is 5.96. The minimum Gasteiger partial charge on any atom is -0.496 e. The smallest absolute Gasteiger partial charge is 0.341 e. The molecule has 10 nitrogen and oxygen atoms in total. The second-order valence-electron chi connectivity index (χ2n) is 8.49. The summed E-state index contributed by atoms with van der Waals surface area (Å²) in [6.07, 6.45) is 2.77. The first-order chi connectivity index (χ1) is 18.2. The van der Waals surface area contributed by atoms with Gasteiger partial charge in [0.15, 0.2) is 17.2 Å². The molecule has 0 saturated carbocycles. The first-order valence-corrected chi connectivity index (χ1v) is 12.2. The summed E-state index contributed by atoms with van der Waals surface area (Å²) in [4.78, 5) is 37.2. The lowest BCUT2D eigenvalue weighted by molar-refractivity contribution is -0.134. The molecule has 11 heteroatoms. The third-order valence-corrected chi connectivity index (χ3v) is 6.55. The Hall–Kier alpha value is -3.92. The number of amides is 2. The van der Waals surface area contributed by atoms with Gasteiger partial charge in [0.1, 0.15) is 17.4 Å². The van der Waals surface area contributed by atoms with Crippen LogP contribution in [0, 0.1) is 6.92 Å². The molecule has 0 fully saturated rings. The topological polar surface area (TPSA) is 121 Å². The number of ether oxygens (including phenoxy) is 5. The van der Waals surface area contributed by atoms with Gasteiger partial charge in [-0.15, -0.1) is 0 Å². The summed E-state index contributed by atoms with van der Waals surface area (Å²) in [7, 11) is 5.94. The molecular weight excluding hydrogens is 516 g/mol. The molecule has 0 saturated heterocycles. The number of allylic oxidation sites excluding steroid dienone is 2. The fraction of sp³-hybridized carbons (Fsp3) is 0.370. The maximum atomic E-state index is 12.5. The minimum atomic E-state index is -0.504. The van der Waals surface area contributed by atoms with Crippen LogP contribution in [0.4, 0.5) is 10.5 Å². The molecule has 2 aromatic rings. The molecule has 204 valence electrons. The van der Waals surface area contributed by atoms with E-state index in [1.165, 1.54) is 28.4 Å². The van der Waals surface area contributed by atoms with Crippen LogP contribution in [0.2, 0.25) is 5.02 Å². The van der Waals surface area contributed by atoms with Gasteiger partial charge in [-0.2, -0.15) is 0 Å². The van der Waals surface area contributed by atoms with Crippen molar-refractivity contribution in [3.05, 3.63) is 51.1 Å². The number of hydrogen-bond donors (Lipinski definition) is 2. The number of anilines is 1. The van der Waals surface area contributed by atoms with E-state index in [0.29, 0.717) is 46.7 Å². The Bertz CT molecular complexity index is 1290. The summed E-state index contributed by atoms with van der Waals surface area (Å²) in [6, 6.07) is 2.67. The monoisotopic (exact) mass is 546 g/mol. The lowest BCUT2D eigenvalue weighted by atomic mass is 9.93. The van der Waals surface area contributed by atoms with Gasteiger partial charge in [0.2, 0.25) is 0 Å². The van der Waals surface area contributed by atoms with Gasteiger partial charge in [-0.3, -0.25) is 4.79 Å². The predicted octanol–water partition coefficient (Wildman–Crippen LogP) is 4.97. The van der Waals surface area contributed by atoms with Crippen molar-refractivity contribution < 1.29 is 38.1 Å². The number of nitrogens with one attached hydrogen (secondary N) is 2. The van der Waals surface area contributed by atoms with Crippen LogP contribution in [-0.4, -0.2) is 46.3 Å². The van der Waals surface area contributed by atoms with Gasteiger partial charge in [0, 0.05) is 24.6 Å². The summed E-state index contributed by atoms with van der Waals surface area (Å²) < 4.78 is 26.8. The van der Waals surface area contributed by atoms with Gasteiger partial charge in [0.05, 0.1) is 32.6 Å². The second kappa shape index (κ2) is 12.6. The molecule has 2 N–H and O–H groups in total. The van der Waals surface area contributed by atoms with Crippen LogP contribution in [0.3, 0.4) is 0 Å². The number of benzene rings is 2. The van der Waals surface area contributed by atoms with E-state index < -0.39 is 18.0 Å². The normalized spacial score (nSPS) is 12.4. The van der Waals surface area contributed by atoms with E-state index in [1.807, 2.05) is 19.9 Å². The summed E-state index contributed by atoms with van der Waals surface area (Å²) in [5.74, 6) is 0.454. The number of fused-ring (bicyclic) bond motifs is 1. The highest BCUT2D eigenvalue weighted by Crippen LogP contribution is 2.42. The number of carbonyl (C=O) groups excluding carboxylic acids is 3. The quantitative estimate of drug-likeness (QED) is 0.243. The number of methoxy groups -OCH3 is 3. The number of rotatable bonds is 10. The highest BCUT2D eigenvalue weighted by atomic mass is 35.5. The Kier molecular flexibility index (Phi) is 9.46. The van der Waals surface area contributed by atoms with E-state index in [1.54, 1.807) is 12.1 Å². The van der Waals surface area contributed by atoms with Crippen molar-refractivity contribution in [2.24, 2.45) is 0 Å². The molecule has 3 rings (SSSR count). The Morgan fingerprint density at radius 3 is 2.39 bits per heavy atom. The van der Waals surface area contributed by atoms with Crippen LogP contribution in [0.25, 0.3) is 0 Å². The summed E-state index contributed by atoms with van der Waals surface area (Å²) in [5, 5.41) is 5.39. The minimum absolute atomic E-state index is 0.100. The van der Waals surface area contributed by atoms with Gasteiger partial charge in [0.25, 0.3) is 0 Å². The highest BCUT2D eigenvalue weighted by Gasteiger charge is 2.32. The van der Waals surface area contributed by atoms with Gasteiger partial charge >= 0.3 is 18.0 Å². The second-order valence-corrected chi connectivity index (χ2v) is 8.87. The van der Waals surface area contributed by atoms with Gasteiger partial charge in [-0.05, 0) is 44.4 Å². The van der Waals surface area contributed by atoms with E-state index in [2.05, 4.69) is 10.6 Å². The molecule has 0 aromatic heterocycles. The fourth-order valence-corrected chi connectivity index (χ4v) is 4.44. The highest BCUT2D eigenvalue weighted by molar-refractivity contribution is 6.34. The van der Waals surface area contributed by atoms with Crippen LogP contribution in [0.5, 0.6) is 23.0 Å². The Morgan fingerprint density at radius 2 is 1.76 bits per heavy atom. The Balaban J connectivity index is 1.78. The van der Waals surface area contributed by atoms with Crippen LogP contribution in [-0.2, 0) is 22.6 Å². The average molecular weight is 547 g/mol. The number of esters is 2. The Labute approximate surface area is 226 Å². The molecule has 0 aliphatic carbocycles. The molecule has 0 bridgehead atoms. The van der Waals surface area contributed by atoms with Crippen LogP contribution >= 0.6 is 11.6 Å². The van der Waals surface area contributed by atoms with E-state index in [-0.39, 0.29) is 29.5 Å². The van der Waals surface area contributed by atoms with Gasteiger partial charge in [-0.1, -0.05) is 23.3 Å². The van der Waals surface area contributed by atoms with Crippen molar-refractivity contribution in [3.8, 4) is 23.0 Å². The predicted molar refractivity (Wildman–Crippen MR) is 142 cm³/mol. The summed E-state index contributed by atoms with van der Waals surface area (Å²) in [5.41, 5.74) is 3.64. The van der Waals surface area contributed by atoms with E-state index in [9.17, 15) is 14.4 Å². The lowest BCUT2D eigenvalue weighted by Gasteiger charge is -2.19. The summed E-state index contributed by atoms with van der Waals surface area (Å²) >= 11 is 6.30. The van der Waals surface area contributed by atoms with Crippen molar-refractivity contribution in [3.63, 3.8) is 0 Å². The molecular formula is C27H31ClN2O8. The van der Waals surface area contributed by atoms with Crippen molar-refractivity contribution in [2.45, 2.75) is 39.7 Å². The zero-order valence-electron chi connectivity index (χ0n) is 22.2. The Morgan fingerprint density at radius 1 is 1.08 bits per heavy atom. The zero-order chi connectivity index (χ0) is 28.0. The molecule has 2 amide bonds. The van der Waals surface area contributed by atoms with E-state index >= 15 is 0 Å².